The Hall–Kier alpha value is -0.990. The average molecular weight is 142 g/mol. The molecule has 0 aromatic rings. The first-order valence-corrected chi connectivity index (χ1v) is 3.11. The van der Waals surface area contributed by atoms with E-state index in [1.165, 1.54) is 6.20 Å². The first-order valence-electron chi connectivity index (χ1n) is 3.11. The Balaban J connectivity index is 4.56. The molecule has 4 N–H and O–H groups in total. The maximum Gasteiger partial charge on any atom is 0.246 e. The molecule has 0 saturated carbocycles. The molecule has 10 heavy (non-hydrogen) atoms. The van der Waals surface area contributed by atoms with Crippen molar-refractivity contribution in [2.45, 2.75) is 20.8 Å². The van der Waals surface area contributed by atoms with Crippen LogP contribution in [-0.4, -0.2) is 5.91 Å². The predicted octanol–water partition coefficient (Wildman–Crippen LogP) is 0.360. The summed E-state index contributed by atoms with van der Waals surface area (Å²) in [5, 5.41) is 0. The fraction of sp³-hybridized carbons (Fsp3) is 0.571. The fourth-order valence-electron chi connectivity index (χ4n) is 0.702. The Morgan fingerprint density at radius 2 is 1.80 bits per heavy atom. The van der Waals surface area contributed by atoms with Gasteiger partial charge in [-0.15, -0.1) is 0 Å². The van der Waals surface area contributed by atoms with Gasteiger partial charge in [0.2, 0.25) is 5.91 Å². The normalized spacial score (nSPS) is 13.3. The van der Waals surface area contributed by atoms with Gasteiger partial charge in [-0.1, -0.05) is 20.8 Å². The van der Waals surface area contributed by atoms with Crippen LogP contribution in [0.1, 0.15) is 20.8 Å². The third kappa shape index (κ3) is 2.09. The van der Waals surface area contributed by atoms with E-state index in [0.29, 0.717) is 5.57 Å². The predicted molar refractivity (Wildman–Crippen MR) is 40.9 cm³/mol. The van der Waals surface area contributed by atoms with Crippen molar-refractivity contribution in [2.24, 2.45) is 16.9 Å². The molecule has 0 aromatic heterocycles. The van der Waals surface area contributed by atoms with Crippen LogP contribution in [0.4, 0.5) is 0 Å². The lowest BCUT2D eigenvalue weighted by atomic mass is 9.87. The van der Waals surface area contributed by atoms with Crippen molar-refractivity contribution in [3.8, 4) is 0 Å². The van der Waals surface area contributed by atoms with E-state index in [2.05, 4.69) is 0 Å². The van der Waals surface area contributed by atoms with Gasteiger partial charge in [0, 0.05) is 11.8 Å². The highest BCUT2D eigenvalue weighted by Crippen LogP contribution is 2.23. The molecule has 0 aliphatic rings. The molecule has 3 nitrogen and oxygen atoms in total. The zero-order valence-corrected chi connectivity index (χ0v) is 6.64. The highest BCUT2D eigenvalue weighted by atomic mass is 16.1. The van der Waals surface area contributed by atoms with Crippen LogP contribution in [0.5, 0.6) is 0 Å². The van der Waals surface area contributed by atoms with Crippen molar-refractivity contribution >= 4 is 5.91 Å². The summed E-state index contributed by atoms with van der Waals surface area (Å²) in [5.74, 6) is -0.449. The minimum Gasteiger partial charge on any atom is -0.404 e. The molecule has 0 bridgehead atoms. The molecule has 0 rings (SSSR count). The molecule has 0 spiro atoms. The van der Waals surface area contributed by atoms with Crippen LogP contribution in [0, 0.1) is 5.41 Å². The van der Waals surface area contributed by atoms with Gasteiger partial charge < -0.3 is 11.5 Å². The summed E-state index contributed by atoms with van der Waals surface area (Å²) in [5.41, 5.74) is 10.5. The molecule has 0 atom stereocenters. The molecular weight excluding hydrogens is 128 g/mol. The number of nitrogens with two attached hydrogens (primary N) is 2. The summed E-state index contributed by atoms with van der Waals surface area (Å²) in [6, 6.07) is 0. The third-order valence-corrected chi connectivity index (χ3v) is 1.24. The van der Waals surface area contributed by atoms with E-state index in [0.717, 1.165) is 0 Å². The molecule has 0 aliphatic carbocycles. The van der Waals surface area contributed by atoms with Crippen molar-refractivity contribution in [1.29, 1.82) is 0 Å². The maximum absolute atomic E-state index is 10.7. The molecule has 0 fully saturated rings. The summed E-state index contributed by atoms with van der Waals surface area (Å²) < 4.78 is 0. The van der Waals surface area contributed by atoms with Crippen molar-refractivity contribution in [3.05, 3.63) is 11.8 Å². The van der Waals surface area contributed by atoms with E-state index < -0.39 is 5.91 Å². The van der Waals surface area contributed by atoms with E-state index >= 15 is 0 Å². The minimum absolute atomic E-state index is 0.249. The van der Waals surface area contributed by atoms with Gasteiger partial charge in [0.05, 0.1) is 0 Å². The highest BCUT2D eigenvalue weighted by Gasteiger charge is 2.20. The van der Waals surface area contributed by atoms with Gasteiger partial charge in [-0.2, -0.15) is 0 Å². The van der Waals surface area contributed by atoms with Gasteiger partial charge in [0.1, 0.15) is 0 Å². The van der Waals surface area contributed by atoms with E-state index in [1.807, 2.05) is 20.8 Å². The van der Waals surface area contributed by atoms with Crippen LogP contribution in [0.15, 0.2) is 11.8 Å². The summed E-state index contributed by atoms with van der Waals surface area (Å²) in [6.45, 7) is 5.66. The number of primary amides is 1. The van der Waals surface area contributed by atoms with Crippen molar-refractivity contribution in [3.63, 3.8) is 0 Å². The van der Waals surface area contributed by atoms with Crippen LogP contribution in [0.2, 0.25) is 0 Å². The van der Waals surface area contributed by atoms with Crippen LogP contribution >= 0.6 is 0 Å². The standard InChI is InChI=1S/C7H14N2O/c1-7(2,3)5(4-8)6(9)10/h4H,8H2,1-3H3,(H2,9,10)/b5-4+. The minimum atomic E-state index is -0.449. The molecule has 1 amide bonds. The smallest absolute Gasteiger partial charge is 0.246 e. The second-order valence-electron chi connectivity index (χ2n) is 3.19. The van der Waals surface area contributed by atoms with E-state index in [1.54, 1.807) is 0 Å². The Bertz CT molecular complexity index is 165. The van der Waals surface area contributed by atoms with Gasteiger partial charge in [-0.3, -0.25) is 4.79 Å². The number of amides is 1. The first kappa shape index (κ1) is 9.01. The number of rotatable bonds is 1. The van der Waals surface area contributed by atoms with Gasteiger partial charge in [0.15, 0.2) is 0 Å². The molecule has 58 valence electrons. The lowest BCUT2D eigenvalue weighted by molar-refractivity contribution is -0.115. The van der Waals surface area contributed by atoms with Crippen LogP contribution in [0.3, 0.4) is 0 Å². The molecule has 0 unspecified atom stereocenters. The number of hydrogen-bond donors (Lipinski definition) is 2. The van der Waals surface area contributed by atoms with Crippen molar-refractivity contribution < 1.29 is 4.79 Å². The van der Waals surface area contributed by atoms with Gasteiger partial charge in [-0.25, -0.2) is 0 Å². The van der Waals surface area contributed by atoms with Crippen molar-refractivity contribution in [1.82, 2.24) is 0 Å². The summed E-state index contributed by atoms with van der Waals surface area (Å²) in [4.78, 5) is 10.7. The molecule has 0 aliphatic heterocycles. The number of hydrogen-bond acceptors (Lipinski definition) is 2. The topological polar surface area (TPSA) is 69.1 Å². The number of carbonyl (C=O) groups is 1. The molecule has 0 heterocycles. The zero-order chi connectivity index (χ0) is 8.36. The largest absolute Gasteiger partial charge is 0.404 e. The monoisotopic (exact) mass is 142 g/mol. The summed E-state index contributed by atoms with van der Waals surface area (Å²) in [6.07, 6.45) is 1.27. The Labute approximate surface area is 61.1 Å². The van der Waals surface area contributed by atoms with Gasteiger partial charge in [0.25, 0.3) is 0 Å². The third-order valence-electron chi connectivity index (χ3n) is 1.24. The lowest BCUT2D eigenvalue weighted by Crippen LogP contribution is -2.25. The summed E-state index contributed by atoms with van der Waals surface area (Å²) in [7, 11) is 0. The average Bonchev–Trinajstić information content (AvgIpc) is 1.60. The van der Waals surface area contributed by atoms with E-state index in [9.17, 15) is 4.79 Å². The molecule has 0 aromatic carbocycles. The second kappa shape index (κ2) is 2.73. The molecule has 0 saturated heterocycles. The Morgan fingerprint density at radius 1 is 1.40 bits per heavy atom. The SMILES string of the molecule is CC(C)(C)/C(=C/N)C(N)=O. The fourth-order valence-corrected chi connectivity index (χ4v) is 0.702. The lowest BCUT2D eigenvalue weighted by Gasteiger charge is -2.18. The van der Waals surface area contributed by atoms with E-state index in [4.69, 9.17) is 11.5 Å². The maximum atomic E-state index is 10.7. The van der Waals surface area contributed by atoms with Crippen LogP contribution in [-0.2, 0) is 4.79 Å². The van der Waals surface area contributed by atoms with E-state index in [-0.39, 0.29) is 5.41 Å². The van der Waals surface area contributed by atoms with Crippen molar-refractivity contribution in [2.75, 3.05) is 0 Å². The highest BCUT2D eigenvalue weighted by molar-refractivity contribution is 5.92. The Morgan fingerprint density at radius 3 is 1.80 bits per heavy atom. The molecule has 0 radical (unpaired) electrons. The molecular formula is C7H14N2O. The summed E-state index contributed by atoms with van der Waals surface area (Å²) >= 11 is 0. The quantitative estimate of drug-likeness (QED) is 0.519. The number of carbonyl (C=O) groups excluding carboxylic acids is 1. The van der Waals surface area contributed by atoms with Gasteiger partial charge in [-0.05, 0) is 5.41 Å². The van der Waals surface area contributed by atoms with Gasteiger partial charge >= 0.3 is 0 Å². The second-order valence-corrected chi connectivity index (χ2v) is 3.19. The Kier molecular flexibility index (Phi) is 2.46. The first-order chi connectivity index (χ1) is 4.39. The van der Waals surface area contributed by atoms with Crippen LogP contribution in [0.25, 0.3) is 0 Å². The molecule has 3 heteroatoms. The van der Waals surface area contributed by atoms with Crippen LogP contribution < -0.4 is 11.5 Å². The zero-order valence-electron chi connectivity index (χ0n) is 6.64.